The van der Waals surface area contributed by atoms with Gasteiger partial charge in [-0.05, 0) is 86.9 Å². The summed E-state index contributed by atoms with van der Waals surface area (Å²) in [6.45, 7) is 5.07. The fraction of sp³-hybridized carbons (Fsp3) is 0.905. The number of hydrogen-bond acceptors (Lipinski definition) is 4. The molecule has 4 fully saturated rings. The van der Waals surface area contributed by atoms with Crippen molar-refractivity contribution in [2.75, 3.05) is 14.2 Å². The lowest BCUT2D eigenvalue weighted by Crippen LogP contribution is -2.53. The van der Waals surface area contributed by atoms with Gasteiger partial charge >= 0.3 is 0 Å². The summed E-state index contributed by atoms with van der Waals surface area (Å²) in [7, 11) is 3.38. The van der Waals surface area contributed by atoms with Crippen molar-refractivity contribution in [2.24, 2.45) is 44.8 Å². The number of oxime groups is 2. The fourth-order valence-electron chi connectivity index (χ4n) is 7.32. The molecule has 140 valence electrons. The Kier molecular flexibility index (Phi) is 4.36. The highest BCUT2D eigenvalue weighted by Crippen LogP contribution is 2.65. The van der Waals surface area contributed by atoms with E-state index in [1.54, 1.807) is 14.2 Å². The van der Waals surface area contributed by atoms with Crippen LogP contribution in [0.3, 0.4) is 0 Å². The molecule has 6 atom stereocenters. The first-order valence-electron chi connectivity index (χ1n) is 10.2. The van der Waals surface area contributed by atoms with Gasteiger partial charge in [0.25, 0.3) is 0 Å². The highest BCUT2D eigenvalue weighted by Gasteiger charge is 2.59. The molecule has 0 amide bonds. The van der Waals surface area contributed by atoms with Crippen LogP contribution in [0.4, 0.5) is 0 Å². The molecule has 4 aliphatic carbocycles. The minimum atomic E-state index is 0.289. The Morgan fingerprint density at radius 1 is 0.880 bits per heavy atom. The minimum absolute atomic E-state index is 0.289. The molecule has 0 bridgehead atoms. The lowest BCUT2D eigenvalue weighted by molar-refractivity contribution is -0.0821. The van der Waals surface area contributed by atoms with Crippen molar-refractivity contribution < 1.29 is 9.68 Å². The Labute approximate surface area is 152 Å². The zero-order chi connectivity index (χ0) is 17.7. The van der Waals surface area contributed by atoms with Crippen LogP contribution >= 0.6 is 0 Å². The molecule has 0 aromatic heterocycles. The van der Waals surface area contributed by atoms with E-state index in [2.05, 4.69) is 24.2 Å². The molecule has 4 saturated carbocycles. The number of fused-ring (bicyclic) bond motifs is 5. The molecule has 0 N–H and O–H groups in total. The second kappa shape index (κ2) is 6.28. The van der Waals surface area contributed by atoms with Gasteiger partial charge in [-0.15, -0.1) is 0 Å². The Morgan fingerprint density at radius 2 is 1.68 bits per heavy atom. The van der Waals surface area contributed by atoms with Gasteiger partial charge < -0.3 is 9.68 Å². The molecule has 4 rings (SSSR count). The third-order valence-electron chi connectivity index (χ3n) is 8.66. The maximum absolute atomic E-state index is 5.18. The van der Waals surface area contributed by atoms with Crippen molar-refractivity contribution in [3.63, 3.8) is 0 Å². The molecule has 0 unspecified atom stereocenters. The van der Waals surface area contributed by atoms with Crippen LogP contribution in [0.2, 0.25) is 0 Å². The van der Waals surface area contributed by atoms with Crippen LogP contribution in [0.1, 0.15) is 71.6 Å². The summed E-state index contributed by atoms with van der Waals surface area (Å²) >= 11 is 0. The van der Waals surface area contributed by atoms with Crippen molar-refractivity contribution in [3.8, 4) is 0 Å². The molecular weight excluding hydrogens is 312 g/mol. The molecule has 4 aliphatic rings. The van der Waals surface area contributed by atoms with Crippen molar-refractivity contribution in [2.45, 2.75) is 71.6 Å². The van der Waals surface area contributed by atoms with Crippen LogP contribution in [0.25, 0.3) is 0 Å². The lowest BCUT2D eigenvalue weighted by Gasteiger charge is -2.59. The predicted octanol–water partition coefficient (Wildman–Crippen LogP) is 5.03. The fourth-order valence-corrected chi connectivity index (χ4v) is 7.32. The van der Waals surface area contributed by atoms with Crippen LogP contribution in [0.15, 0.2) is 10.3 Å². The van der Waals surface area contributed by atoms with Gasteiger partial charge in [-0.3, -0.25) is 0 Å². The van der Waals surface area contributed by atoms with Gasteiger partial charge in [0.15, 0.2) is 0 Å². The molecule has 0 aliphatic heterocycles. The third kappa shape index (κ3) is 2.54. The molecule has 0 aromatic rings. The van der Waals surface area contributed by atoms with Crippen molar-refractivity contribution in [1.82, 2.24) is 0 Å². The van der Waals surface area contributed by atoms with Gasteiger partial charge in [0, 0.05) is 5.41 Å². The van der Waals surface area contributed by atoms with Crippen molar-refractivity contribution >= 4 is 11.4 Å². The molecule has 0 heterocycles. The van der Waals surface area contributed by atoms with E-state index in [0.717, 1.165) is 42.9 Å². The van der Waals surface area contributed by atoms with Gasteiger partial charge in [0.05, 0.1) is 11.4 Å². The van der Waals surface area contributed by atoms with Gasteiger partial charge in [0.2, 0.25) is 0 Å². The maximum Gasteiger partial charge on any atom is 0.106 e. The van der Waals surface area contributed by atoms with E-state index in [0.29, 0.717) is 5.41 Å². The first kappa shape index (κ1) is 17.4. The Hall–Kier alpha value is -1.06. The summed E-state index contributed by atoms with van der Waals surface area (Å²) in [5.41, 5.74) is 3.42. The summed E-state index contributed by atoms with van der Waals surface area (Å²) in [6.07, 6.45) is 11.5. The molecule has 0 spiro atoms. The van der Waals surface area contributed by atoms with E-state index in [1.165, 1.54) is 49.9 Å². The SMILES string of the molecule is CO/N=C1\CC[C@@]2(C)[C@@H](CC[C@@H]3[C@@H]2CC[C@]2(C)/C(=N/OC)CC[C@@H]32)C1. The van der Waals surface area contributed by atoms with E-state index in [1.807, 2.05) is 0 Å². The molecule has 4 heteroatoms. The maximum atomic E-state index is 5.18. The lowest BCUT2D eigenvalue weighted by atomic mass is 9.45. The van der Waals surface area contributed by atoms with Crippen LogP contribution in [-0.4, -0.2) is 25.6 Å². The summed E-state index contributed by atoms with van der Waals surface area (Å²) in [6, 6.07) is 0. The smallest absolute Gasteiger partial charge is 0.106 e. The van der Waals surface area contributed by atoms with Gasteiger partial charge in [-0.2, -0.15) is 0 Å². The largest absolute Gasteiger partial charge is 0.399 e. The van der Waals surface area contributed by atoms with Gasteiger partial charge in [0.1, 0.15) is 14.2 Å². The molecule has 0 saturated heterocycles. The molecule has 0 radical (unpaired) electrons. The molecule has 0 aromatic carbocycles. The molecule has 25 heavy (non-hydrogen) atoms. The van der Waals surface area contributed by atoms with Crippen LogP contribution in [0.5, 0.6) is 0 Å². The zero-order valence-electron chi connectivity index (χ0n) is 16.4. The highest BCUT2D eigenvalue weighted by molar-refractivity contribution is 5.92. The topological polar surface area (TPSA) is 43.2 Å². The average molecular weight is 347 g/mol. The Morgan fingerprint density at radius 3 is 2.44 bits per heavy atom. The minimum Gasteiger partial charge on any atom is -0.399 e. The van der Waals surface area contributed by atoms with Gasteiger partial charge in [-0.25, -0.2) is 0 Å². The zero-order valence-corrected chi connectivity index (χ0v) is 16.4. The predicted molar refractivity (Wildman–Crippen MR) is 101 cm³/mol. The monoisotopic (exact) mass is 346 g/mol. The van der Waals surface area contributed by atoms with Crippen LogP contribution in [-0.2, 0) is 9.68 Å². The third-order valence-corrected chi connectivity index (χ3v) is 8.66. The summed E-state index contributed by atoms with van der Waals surface area (Å²) < 4.78 is 0. The standard InChI is InChI=1S/C21H34N2O2/c1-20-11-9-15(22-24-3)13-14(20)5-6-16-17-7-8-19(23-25-4)21(17,2)12-10-18(16)20/h14,16-18H,5-13H2,1-4H3/b22-15+,23-19+/t14-,16-,17-,18-,20-,21-/m0/s1. The molecule has 4 nitrogen and oxygen atoms in total. The van der Waals surface area contributed by atoms with E-state index in [-0.39, 0.29) is 5.41 Å². The van der Waals surface area contributed by atoms with Crippen LogP contribution < -0.4 is 0 Å². The molecular formula is C21H34N2O2. The number of hydrogen-bond donors (Lipinski definition) is 0. The van der Waals surface area contributed by atoms with Crippen molar-refractivity contribution in [1.29, 1.82) is 0 Å². The second-order valence-corrected chi connectivity index (χ2v) is 9.42. The van der Waals surface area contributed by atoms with E-state index < -0.39 is 0 Å². The first-order valence-corrected chi connectivity index (χ1v) is 10.2. The van der Waals surface area contributed by atoms with E-state index in [4.69, 9.17) is 9.68 Å². The van der Waals surface area contributed by atoms with Crippen molar-refractivity contribution in [3.05, 3.63) is 0 Å². The van der Waals surface area contributed by atoms with E-state index in [9.17, 15) is 0 Å². The summed E-state index contributed by atoms with van der Waals surface area (Å²) in [5, 5.41) is 8.73. The normalized spacial score (nSPS) is 49.4. The van der Waals surface area contributed by atoms with Gasteiger partial charge in [-0.1, -0.05) is 24.2 Å². The number of nitrogens with zero attached hydrogens (tertiary/aromatic N) is 2. The Bertz CT molecular complexity index is 586. The first-order chi connectivity index (χ1) is 12.0. The summed E-state index contributed by atoms with van der Waals surface area (Å²) in [5.74, 6) is 3.38. The summed E-state index contributed by atoms with van der Waals surface area (Å²) in [4.78, 5) is 10.2. The Balaban J connectivity index is 1.58. The quantitative estimate of drug-likeness (QED) is 0.658. The second-order valence-electron chi connectivity index (χ2n) is 9.42. The van der Waals surface area contributed by atoms with Crippen LogP contribution in [0, 0.1) is 34.5 Å². The average Bonchev–Trinajstić information content (AvgIpc) is 2.93. The van der Waals surface area contributed by atoms with E-state index >= 15 is 0 Å². The highest BCUT2D eigenvalue weighted by atomic mass is 16.6. The number of rotatable bonds is 2.